The Morgan fingerprint density at radius 3 is 1.50 bits per heavy atom. The molecule has 6 heavy (non-hydrogen) atoms. The predicted molar refractivity (Wildman–Crippen MR) is 20.4 cm³/mol. The first-order valence-electron chi connectivity index (χ1n) is 0.735. The second kappa shape index (κ2) is 10.5. The van der Waals surface area contributed by atoms with Crippen LogP contribution in [0, 0.1) is 0 Å². The fourth-order valence-electron chi connectivity index (χ4n) is 0. The maximum atomic E-state index is 10.1. The SMILES string of the molecule is OB(O)F.[Ba+2].[H-].[H-].[H-].[Na+]. The number of rotatable bonds is 0. The van der Waals surface area contributed by atoms with Crippen LogP contribution in [0.4, 0.5) is 4.32 Å². The molecule has 0 aliphatic carbocycles. The molecule has 0 aromatic rings. The van der Waals surface area contributed by atoms with E-state index in [1.165, 1.54) is 0 Å². The Kier molecular flexibility index (Phi) is 27.6. The van der Waals surface area contributed by atoms with Crippen LogP contribution in [0.2, 0.25) is 0 Å². The van der Waals surface area contributed by atoms with E-state index in [4.69, 9.17) is 10.0 Å². The van der Waals surface area contributed by atoms with Crippen LogP contribution in [0.25, 0.3) is 0 Å². The van der Waals surface area contributed by atoms with Crippen molar-refractivity contribution >= 4 is 56.3 Å². The summed E-state index contributed by atoms with van der Waals surface area (Å²) in [5, 5.41) is 13.9. The molecule has 0 heterocycles. The number of hydrogen-bond acceptors (Lipinski definition) is 2. The molecule has 0 spiro atoms. The van der Waals surface area contributed by atoms with Crippen molar-refractivity contribution in [1.82, 2.24) is 0 Å². The average Bonchev–Trinajstić information content (AvgIpc) is 0.811. The van der Waals surface area contributed by atoms with Crippen LogP contribution in [-0.4, -0.2) is 66.3 Å². The van der Waals surface area contributed by atoms with Gasteiger partial charge in [0, 0.05) is 0 Å². The summed E-state index contributed by atoms with van der Waals surface area (Å²) in [5.74, 6) is 0. The van der Waals surface area contributed by atoms with Gasteiger partial charge in [0.05, 0.1) is 0 Å². The summed E-state index contributed by atoms with van der Waals surface area (Å²) in [7, 11) is -2.67. The molecule has 0 unspecified atom stereocenters. The average molecular weight is 227 g/mol. The molecular weight excluding hydrogens is 222 g/mol. The summed E-state index contributed by atoms with van der Waals surface area (Å²) in [5.41, 5.74) is 0. The third kappa shape index (κ3) is 31.6. The molecule has 2 nitrogen and oxygen atoms in total. The van der Waals surface area contributed by atoms with E-state index >= 15 is 0 Å². The summed E-state index contributed by atoms with van der Waals surface area (Å²) < 4.78 is 10.1. The molecule has 0 radical (unpaired) electrons. The minimum atomic E-state index is -2.67. The fraction of sp³-hybridized carbons (Fsp3) is 0. The Morgan fingerprint density at radius 1 is 1.50 bits per heavy atom. The van der Waals surface area contributed by atoms with Gasteiger partial charge in [0.25, 0.3) is 0 Å². The zero-order chi connectivity index (χ0) is 3.58. The molecule has 0 saturated carbocycles. The van der Waals surface area contributed by atoms with Gasteiger partial charge in [-0.1, -0.05) is 0 Å². The predicted octanol–water partition coefficient (Wildman–Crippen LogP) is -4.11. The van der Waals surface area contributed by atoms with Gasteiger partial charge in [-0.05, 0) is 0 Å². The molecule has 0 aromatic carbocycles. The summed E-state index contributed by atoms with van der Waals surface area (Å²) in [6.45, 7) is 0. The van der Waals surface area contributed by atoms with Gasteiger partial charge in [-0.15, -0.1) is 0 Å². The first-order chi connectivity index (χ1) is 1.73. The molecule has 30 valence electrons. The van der Waals surface area contributed by atoms with Crippen LogP contribution < -0.4 is 29.6 Å². The van der Waals surface area contributed by atoms with E-state index in [0.717, 1.165) is 0 Å². The number of halogens is 1. The van der Waals surface area contributed by atoms with E-state index in [0.29, 0.717) is 0 Å². The molecule has 0 aliphatic heterocycles. The van der Waals surface area contributed by atoms with Crippen molar-refractivity contribution in [2.75, 3.05) is 0 Å². The maximum Gasteiger partial charge on any atom is 2.00 e. The normalized spacial score (nSPS) is 4.50. The van der Waals surface area contributed by atoms with Gasteiger partial charge in [-0.25, -0.2) is 0 Å². The van der Waals surface area contributed by atoms with E-state index < -0.39 is 7.40 Å². The van der Waals surface area contributed by atoms with Gasteiger partial charge in [-0.2, -0.15) is 0 Å². The van der Waals surface area contributed by atoms with Crippen LogP contribution in [0.15, 0.2) is 0 Å². The summed E-state index contributed by atoms with van der Waals surface area (Å²) >= 11 is 0. The molecule has 2 N–H and O–H groups in total. The topological polar surface area (TPSA) is 40.5 Å². The zero-order valence-corrected chi connectivity index (χ0v) is 10.00. The molecule has 0 atom stereocenters. The molecule has 6 heteroatoms. The van der Waals surface area contributed by atoms with E-state index in [2.05, 4.69) is 0 Å². The Labute approximate surface area is 103 Å². The van der Waals surface area contributed by atoms with Gasteiger partial charge in [0.1, 0.15) is 0 Å². The van der Waals surface area contributed by atoms with Gasteiger partial charge in [-0.3, -0.25) is 4.32 Å². The minimum Gasteiger partial charge on any atom is -1.00 e. The smallest absolute Gasteiger partial charge is 1.00 e. The van der Waals surface area contributed by atoms with Crippen LogP contribution in [0.5, 0.6) is 0 Å². The van der Waals surface area contributed by atoms with Crippen molar-refractivity contribution in [2.45, 2.75) is 0 Å². The van der Waals surface area contributed by atoms with Gasteiger partial charge in [0.2, 0.25) is 0 Å². The quantitative estimate of drug-likeness (QED) is 0.413. The van der Waals surface area contributed by atoms with E-state index in [-0.39, 0.29) is 82.7 Å². The fourth-order valence-corrected chi connectivity index (χ4v) is 0. The van der Waals surface area contributed by atoms with Crippen LogP contribution >= 0.6 is 0 Å². The molecule has 0 aromatic heterocycles. The Bertz CT molecular complexity index is 26.5. The summed E-state index contributed by atoms with van der Waals surface area (Å²) in [6, 6.07) is 0. The van der Waals surface area contributed by atoms with Crippen molar-refractivity contribution in [3.63, 3.8) is 0 Å². The Balaban J connectivity index is -0.00000000450. The maximum absolute atomic E-state index is 10.1. The van der Waals surface area contributed by atoms with E-state index in [9.17, 15) is 4.32 Å². The van der Waals surface area contributed by atoms with Gasteiger partial charge >= 0.3 is 85.8 Å². The monoisotopic (exact) mass is 228 g/mol. The Morgan fingerprint density at radius 2 is 1.50 bits per heavy atom. The molecule has 0 saturated heterocycles. The standard InChI is InChI=1S/BFH2O2.Ba.Na.3H/c2-1(3)4;;;;;/h3-4H;;;;;/q;+2;+1;3*-1. The third-order valence-electron chi connectivity index (χ3n) is 0. The molecule has 0 rings (SSSR count). The summed E-state index contributed by atoms with van der Waals surface area (Å²) in [4.78, 5) is 0. The second-order valence-electron chi connectivity index (χ2n) is 0.311. The minimum absolute atomic E-state index is 0. The van der Waals surface area contributed by atoms with Crippen LogP contribution in [0.3, 0.4) is 0 Å². The van der Waals surface area contributed by atoms with Crippen molar-refractivity contribution in [1.29, 1.82) is 0 Å². The van der Waals surface area contributed by atoms with Crippen molar-refractivity contribution < 1.29 is 48.2 Å². The van der Waals surface area contributed by atoms with E-state index in [1.54, 1.807) is 0 Å². The van der Waals surface area contributed by atoms with Gasteiger partial charge in [0.15, 0.2) is 0 Å². The van der Waals surface area contributed by atoms with Crippen LogP contribution in [0.1, 0.15) is 4.28 Å². The molecule has 0 amide bonds. The second-order valence-corrected chi connectivity index (χ2v) is 0.311. The Hall–Kier alpha value is 2.49. The molecule has 0 fully saturated rings. The van der Waals surface area contributed by atoms with Crippen molar-refractivity contribution in [2.24, 2.45) is 0 Å². The van der Waals surface area contributed by atoms with Crippen molar-refractivity contribution in [3.8, 4) is 0 Å². The molecule has 0 aliphatic rings. The van der Waals surface area contributed by atoms with Crippen molar-refractivity contribution in [3.05, 3.63) is 0 Å². The number of hydrogen-bond donors (Lipinski definition) is 2. The molecule has 0 bridgehead atoms. The summed E-state index contributed by atoms with van der Waals surface area (Å²) in [6.07, 6.45) is 0. The van der Waals surface area contributed by atoms with Crippen LogP contribution in [-0.2, 0) is 0 Å². The largest absolute Gasteiger partial charge is 2.00 e. The first kappa shape index (κ1) is 15.8. The zero-order valence-electron chi connectivity index (χ0n) is 6.56. The first-order valence-corrected chi connectivity index (χ1v) is 0.735. The molecular formula is H5BBaFNaO2. The van der Waals surface area contributed by atoms with Gasteiger partial charge < -0.3 is 14.3 Å². The van der Waals surface area contributed by atoms with E-state index in [1.807, 2.05) is 0 Å². The third-order valence-corrected chi connectivity index (χ3v) is 0.